The Balaban J connectivity index is 2.60. The Hall–Kier alpha value is -2.50. The van der Waals surface area contributed by atoms with Crippen LogP contribution >= 0.6 is 0 Å². The number of ether oxygens (including phenoxy) is 2. The number of carbonyl (C=O) groups excluding carboxylic acids is 3. The molecule has 0 radical (unpaired) electrons. The Morgan fingerprint density at radius 3 is 2.31 bits per heavy atom. The Labute approximate surface area is 188 Å². The molecular weight excluding hydrogens is 442 g/mol. The Kier molecular flexibility index (Phi) is 10.8. The maximum Gasteiger partial charge on any atom is 0.341 e. The quantitative estimate of drug-likeness (QED) is 0.188. The summed E-state index contributed by atoms with van der Waals surface area (Å²) in [7, 11) is -3.93. The standard InChI is InChI=1S/C21H31NO9S/c1-5-17(30-19(25)16-10-7-6-8-11-16)31-20(26)18(24)21(3,4)14-29-32(27,28)13-9-12-22-15(2)23/h6-8,10-11,17-18,24H,5,9,12-14H2,1-4H3,(H,22,23)/t17?,18-/m0/s1. The van der Waals surface area contributed by atoms with Crippen molar-refractivity contribution in [2.45, 2.75) is 52.9 Å². The van der Waals surface area contributed by atoms with Crippen molar-refractivity contribution >= 4 is 28.0 Å². The van der Waals surface area contributed by atoms with E-state index in [-0.39, 0.29) is 36.6 Å². The van der Waals surface area contributed by atoms with E-state index in [2.05, 4.69) is 5.32 Å². The van der Waals surface area contributed by atoms with Gasteiger partial charge < -0.3 is 19.9 Å². The van der Waals surface area contributed by atoms with Crippen molar-refractivity contribution in [2.75, 3.05) is 18.9 Å². The number of hydrogen-bond donors (Lipinski definition) is 2. The highest BCUT2D eigenvalue weighted by atomic mass is 32.2. The first-order chi connectivity index (χ1) is 14.9. The minimum absolute atomic E-state index is 0.149. The van der Waals surface area contributed by atoms with E-state index in [0.29, 0.717) is 0 Å². The molecule has 0 saturated carbocycles. The van der Waals surface area contributed by atoms with Gasteiger partial charge in [0.1, 0.15) is 0 Å². The fourth-order valence-electron chi connectivity index (χ4n) is 2.36. The summed E-state index contributed by atoms with van der Waals surface area (Å²) in [5.74, 6) is -2.37. The van der Waals surface area contributed by atoms with Crippen LogP contribution in [0.25, 0.3) is 0 Å². The molecule has 2 N–H and O–H groups in total. The largest absolute Gasteiger partial charge is 0.423 e. The first-order valence-electron chi connectivity index (χ1n) is 10.1. The van der Waals surface area contributed by atoms with Gasteiger partial charge in [-0.05, 0) is 18.6 Å². The number of hydrogen-bond acceptors (Lipinski definition) is 9. The van der Waals surface area contributed by atoms with Gasteiger partial charge in [-0.3, -0.25) is 8.98 Å². The van der Waals surface area contributed by atoms with Gasteiger partial charge in [0.05, 0.1) is 17.9 Å². The predicted octanol–water partition coefficient (Wildman–Crippen LogP) is 1.38. The second-order valence-electron chi connectivity index (χ2n) is 7.80. The van der Waals surface area contributed by atoms with Crippen molar-refractivity contribution in [3.8, 4) is 0 Å². The number of rotatable bonds is 13. The molecule has 1 aromatic rings. The second-order valence-corrected chi connectivity index (χ2v) is 9.56. The summed E-state index contributed by atoms with van der Waals surface area (Å²) >= 11 is 0. The van der Waals surface area contributed by atoms with Gasteiger partial charge in [0.2, 0.25) is 12.2 Å². The van der Waals surface area contributed by atoms with Crippen molar-refractivity contribution in [1.29, 1.82) is 0 Å². The molecule has 0 aliphatic heterocycles. The van der Waals surface area contributed by atoms with Crippen molar-refractivity contribution < 1.29 is 41.6 Å². The molecule has 0 spiro atoms. The summed E-state index contributed by atoms with van der Waals surface area (Å²) in [5.41, 5.74) is -1.04. The van der Waals surface area contributed by atoms with Crippen molar-refractivity contribution in [3.63, 3.8) is 0 Å². The summed E-state index contributed by atoms with van der Waals surface area (Å²) in [6.45, 7) is 5.51. The molecule has 1 rings (SSSR count). The van der Waals surface area contributed by atoms with Crippen LogP contribution in [-0.4, -0.2) is 62.7 Å². The second kappa shape index (κ2) is 12.5. The van der Waals surface area contributed by atoms with E-state index in [0.717, 1.165) is 0 Å². The molecule has 0 fully saturated rings. The molecule has 180 valence electrons. The molecular formula is C21H31NO9S. The van der Waals surface area contributed by atoms with Crippen LogP contribution in [0.1, 0.15) is 50.9 Å². The SMILES string of the molecule is CCC(OC(=O)c1ccccc1)OC(=O)[C@H](O)C(C)(C)COS(=O)(=O)CCCNC(C)=O. The summed E-state index contributed by atoms with van der Waals surface area (Å²) in [4.78, 5) is 35.3. The minimum atomic E-state index is -3.93. The fraction of sp³-hybridized carbons (Fsp3) is 0.571. The van der Waals surface area contributed by atoms with Gasteiger partial charge in [0, 0.05) is 25.3 Å². The summed E-state index contributed by atoms with van der Waals surface area (Å²) in [6, 6.07) is 8.14. The van der Waals surface area contributed by atoms with Gasteiger partial charge in [-0.1, -0.05) is 39.0 Å². The van der Waals surface area contributed by atoms with Gasteiger partial charge >= 0.3 is 11.9 Å². The molecule has 11 heteroatoms. The molecule has 32 heavy (non-hydrogen) atoms. The molecule has 0 saturated heterocycles. The lowest BCUT2D eigenvalue weighted by atomic mass is 9.88. The topological polar surface area (TPSA) is 145 Å². The lowest BCUT2D eigenvalue weighted by Gasteiger charge is -2.29. The van der Waals surface area contributed by atoms with Gasteiger partial charge in [0.15, 0.2) is 6.10 Å². The monoisotopic (exact) mass is 473 g/mol. The van der Waals surface area contributed by atoms with Crippen molar-refractivity contribution in [1.82, 2.24) is 5.32 Å². The van der Waals surface area contributed by atoms with E-state index < -0.39 is 46.5 Å². The molecule has 1 unspecified atom stereocenters. The van der Waals surface area contributed by atoms with E-state index in [1.165, 1.54) is 20.8 Å². The number of carbonyl (C=O) groups is 3. The summed E-state index contributed by atoms with van der Waals surface area (Å²) in [5, 5.41) is 12.9. The summed E-state index contributed by atoms with van der Waals surface area (Å²) < 4.78 is 39.2. The molecule has 1 aromatic carbocycles. The van der Waals surface area contributed by atoms with Crippen LogP contribution < -0.4 is 5.32 Å². The highest BCUT2D eigenvalue weighted by Crippen LogP contribution is 2.24. The molecule has 1 amide bonds. The van der Waals surface area contributed by atoms with Crippen LogP contribution in [0.2, 0.25) is 0 Å². The first-order valence-corrected chi connectivity index (χ1v) is 11.7. The number of benzene rings is 1. The van der Waals surface area contributed by atoms with Crippen molar-refractivity contribution in [3.05, 3.63) is 35.9 Å². The lowest BCUT2D eigenvalue weighted by molar-refractivity contribution is -0.185. The van der Waals surface area contributed by atoms with Crippen molar-refractivity contribution in [2.24, 2.45) is 5.41 Å². The Morgan fingerprint density at radius 1 is 1.12 bits per heavy atom. The average molecular weight is 474 g/mol. The predicted molar refractivity (Wildman–Crippen MR) is 115 cm³/mol. The minimum Gasteiger partial charge on any atom is -0.423 e. The zero-order chi connectivity index (χ0) is 24.4. The van der Waals surface area contributed by atoms with Gasteiger partial charge in [0.25, 0.3) is 10.1 Å². The van der Waals surface area contributed by atoms with Crippen LogP contribution in [0.3, 0.4) is 0 Å². The highest BCUT2D eigenvalue weighted by molar-refractivity contribution is 7.86. The van der Waals surface area contributed by atoms with Crippen LogP contribution in [0.4, 0.5) is 0 Å². The number of esters is 2. The molecule has 0 heterocycles. The number of nitrogens with one attached hydrogen (secondary N) is 1. The van der Waals surface area contributed by atoms with E-state index in [9.17, 15) is 27.9 Å². The molecule has 0 aliphatic carbocycles. The maximum absolute atomic E-state index is 12.4. The average Bonchev–Trinajstić information content (AvgIpc) is 2.74. The van der Waals surface area contributed by atoms with E-state index in [1.807, 2.05) is 0 Å². The third-order valence-corrected chi connectivity index (χ3v) is 5.61. The van der Waals surface area contributed by atoms with Gasteiger partial charge in [-0.2, -0.15) is 8.42 Å². The first kappa shape index (κ1) is 27.5. The lowest BCUT2D eigenvalue weighted by Crippen LogP contribution is -2.43. The zero-order valence-corrected chi connectivity index (χ0v) is 19.5. The Morgan fingerprint density at radius 2 is 1.75 bits per heavy atom. The summed E-state index contributed by atoms with van der Waals surface area (Å²) in [6.07, 6.45) is -2.66. The third kappa shape index (κ3) is 9.75. The van der Waals surface area contributed by atoms with E-state index >= 15 is 0 Å². The number of amides is 1. The van der Waals surface area contributed by atoms with E-state index in [4.69, 9.17) is 13.7 Å². The molecule has 10 nitrogen and oxygen atoms in total. The van der Waals surface area contributed by atoms with Crippen LogP contribution in [0, 0.1) is 5.41 Å². The number of aliphatic hydroxyl groups is 1. The van der Waals surface area contributed by atoms with Crippen LogP contribution in [0.5, 0.6) is 0 Å². The zero-order valence-electron chi connectivity index (χ0n) is 18.7. The molecule has 0 bridgehead atoms. The molecule has 0 aromatic heterocycles. The normalized spacial score (nSPS) is 13.7. The van der Waals surface area contributed by atoms with Gasteiger partial charge in [-0.15, -0.1) is 0 Å². The van der Waals surface area contributed by atoms with Crippen LogP contribution in [-0.2, 0) is 33.4 Å². The Bertz CT molecular complexity index is 869. The maximum atomic E-state index is 12.4. The smallest absolute Gasteiger partial charge is 0.341 e. The third-order valence-electron chi connectivity index (χ3n) is 4.35. The molecule has 2 atom stereocenters. The number of aliphatic hydroxyl groups excluding tert-OH is 1. The van der Waals surface area contributed by atoms with E-state index in [1.54, 1.807) is 37.3 Å². The molecule has 0 aliphatic rings. The van der Waals surface area contributed by atoms with Gasteiger partial charge in [-0.25, -0.2) is 9.59 Å². The fourth-order valence-corrected chi connectivity index (χ4v) is 3.46. The van der Waals surface area contributed by atoms with Crippen LogP contribution in [0.15, 0.2) is 30.3 Å². The highest BCUT2D eigenvalue weighted by Gasteiger charge is 2.38.